The number of likely N-dealkylation sites (tertiary alicyclic amines) is 1. The Morgan fingerprint density at radius 1 is 1.05 bits per heavy atom. The van der Waals surface area contributed by atoms with E-state index in [9.17, 15) is 23.2 Å². The highest BCUT2D eigenvalue weighted by molar-refractivity contribution is 6.01. The summed E-state index contributed by atoms with van der Waals surface area (Å²) in [6.45, 7) is 4.87. The SMILES string of the molecule is COCC1=C(C(=O)OC)C(c2ccc(F)c(F)c2)N(C(=O)NCCCN2CCC(c3cccc(C)c3)CC2)C(=O)N1. The first-order chi connectivity index (χ1) is 19.7. The van der Waals surface area contributed by atoms with Gasteiger partial charge in [-0.05, 0) is 75.0 Å². The molecule has 2 N–H and O–H groups in total. The molecule has 2 aliphatic heterocycles. The molecule has 1 saturated heterocycles. The number of nitrogens with zero attached hydrogens (tertiary/aromatic N) is 2. The molecular weight excluding hydrogens is 534 g/mol. The van der Waals surface area contributed by atoms with E-state index in [1.807, 2.05) is 0 Å². The third-order valence-electron chi connectivity index (χ3n) is 7.53. The number of urea groups is 2. The second-order valence-electron chi connectivity index (χ2n) is 10.3. The van der Waals surface area contributed by atoms with Gasteiger partial charge in [0.05, 0.1) is 25.0 Å². The predicted octanol–water partition coefficient (Wildman–Crippen LogP) is 4.39. The second kappa shape index (κ2) is 13.7. The van der Waals surface area contributed by atoms with Crippen LogP contribution < -0.4 is 10.6 Å². The van der Waals surface area contributed by atoms with Crippen LogP contribution in [0.1, 0.15) is 47.9 Å². The largest absolute Gasteiger partial charge is 0.466 e. The number of hydrogen-bond acceptors (Lipinski definition) is 6. The molecule has 2 aromatic rings. The summed E-state index contributed by atoms with van der Waals surface area (Å²) in [6, 6.07) is 8.60. The number of carbonyl (C=O) groups excluding carboxylic acids is 3. The number of methoxy groups -OCH3 is 2. The lowest BCUT2D eigenvalue weighted by atomic mass is 9.88. The van der Waals surface area contributed by atoms with Gasteiger partial charge in [0.1, 0.15) is 6.04 Å². The molecule has 1 fully saturated rings. The van der Waals surface area contributed by atoms with E-state index in [-0.39, 0.29) is 30.0 Å². The number of aryl methyl sites for hydroxylation is 1. The van der Waals surface area contributed by atoms with Gasteiger partial charge in [0, 0.05) is 13.7 Å². The number of amides is 4. The maximum absolute atomic E-state index is 14.2. The lowest BCUT2D eigenvalue weighted by Gasteiger charge is -2.36. The van der Waals surface area contributed by atoms with Crippen molar-refractivity contribution in [1.82, 2.24) is 20.4 Å². The highest BCUT2D eigenvalue weighted by Gasteiger charge is 2.43. The van der Waals surface area contributed by atoms with Crippen molar-refractivity contribution < 1.29 is 32.6 Å². The molecule has 0 aliphatic carbocycles. The molecule has 0 saturated carbocycles. The average molecular weight is 571 g/mol. The highest BCUT2D eigenvalue weighted by Crippen LogP contribution is 2.35. The number of ether oxygens (including phenoxy) is 2. The van der Waals surface area contributed by atoms with Gasteiger partial charge in [-0.25, -0.2) is 28.1 Å². The molecule has 0 aromatic heterocycles. The number of imide groups is 1. The van der Waals surface area contributed by atoms with Gasteiger partial charge in [0.2, 0.25) is 0 Å². The van der Waals surface area contributed by atoms with E-state index in [0.29, 0.717) is 12.3 Å². The topological polar surface area (TPSA) is 100 Å². The zero-order valence-electron chi connectivity index (χ0n) is 23.5. The molecule has 1 atom stereocenters. The predicted molar refractivity (Wildman–Crippen MR) is 148 cm³/mol. The summed E-state index contributed by atoms with van der Waals surface area (Å²) in [7, 11) is 2.51. The number of halogens is 2. The van der Waals surface area contributed by atoms with E-state index >= 15 is 0 Å². The quantitative estimate of drug-likeness (QED) is 0.343. The fraction of sp³-hybridized carbons (Fsp3) is 0.433. The van der Waals surface area contributed by atoms with Gasteiger partial charge in [0.15, 0.2) is 11.6 Å². The van der Waals surface area contributed by atoms with Crippen LogP contribution in [-0.2, 0) is 14.3 Å². The van der Waals surface area contributed by atoms with Gasteiger partial charge in [-0.15, -0.1) is 0 Å². The Morgan fingerprint density at radius 2 is 1.80 bits per heavy atom. The van der Waals surface area contributed by atoms with Gasteiger partial charge < -0.3 is 25.0 Å². The van der Waals surface area contributed by atoms with Crippen LogP contribution in [0.15, 0.2) is 53.7 Å². The van der Waals surface area contributed by atoms with Gasteiger partial charge in [-0.3, -0.25) is 0 Å². The number of benzene rings is 2. The normalized spacial score (nSPS) is 18.3. The summed E-state index contributed by atoms with van der Waals surface area (Å²) in [5, 5.41) is 5.25. The highest BCUT2D eigenvalue weighted by atomic mass is 19.2. The summed E-state index contributed by atoms with van der Waals surface area (Å²) in [5.41, 5.74) is 2.61. The third-order valence-corrected chi connectivity index (χ3v) is 7.53. The Morgan fingerprint density at radius 3 is 2.46 bits per heavy atom. The van der Waals surface area contributed by atoms with Crippen molar-refractivity contribution in [1.29, 1.82) is 0 Å². The zero-order valence-corrected chi connectivity index (χ0v) is 23.5. The molecular formula is C30H36F2N4O5. The fourth-order valence-electron chi connectivity index (χ4n) is 5.48. The van der Waals surface area contributed by atoms with Crippen LogP contribution in [-0.4, -0.2) is 74.8 Å². The number of esters is 1. The van der Waals surface area contributed by atoms with Crippen molar-refractivity contribution in [2.45, 2.75) is 38.1 Å². The zero-order chi connectivity index (χ0) is 29.5. The van der Waals surface area contributed by atoms with Crippen molar-refractivity contribution in [3.8, 4) is 0 Å². The van der Waals surface area contributed by atoms with Crippen LogP contribution >= 0.6 is 0 Å². The van der Waals surface area contributed by atoms with E-state index in [4.69, 9.17) is 9.47 Å². The molecule has 220 valence electrons. The number of nitrogens with one attached hydrogen (secondary N) is 2. The molecule has 2 aromatic carbocycles. The fourth-order valence-corrected chi connectivity index (χ4v) is 5.48. The van der Waals surface area contributed by atoms with Crippen LogP contribution in [0.2, 0.25) is 0 Å². The van der Waals surface area contributed by atoms with E-state index in [1.165, 1.54) is 24.3 Å². The molecule has 0 radical (unpaired) electrons. The average Bonchev–Trinajstić information content (AvgIpc) is 2.96. The molecule has 0 bridgehead atoms. The molecule has 4 amide bonds. The van der Waals surface area contributed by atoms with Crippen molar-refractivity contribution in [3.63, 3.8) is 0 Å². The standard InChI is InChI=1S/C30H36F2N4O5/c1-19-6-4-7-21(16-19)20-10-14-35(15-11-20)13-5-12-33-29(38)36-27(22-8-9-23(31)24(32)17-22)26(28(37)41-3)25(18-40-2)34-30(36)39/h4,6-9,16-17,20,27H,5,10-15,18H2,1-3H3,(H,33,38)(H,34,39). The summed E-state index contributed by atoms with van der Waals surface area (Å²) in [4.78, 5) is 42.4. The van der Waals surface area contributed by atoms with Crippen molar-refractivity contribution in [2.24, 2.45) is 0 Å². The lowest BCUT2D eigenvalue weighted by molar-refractivity contribution is -0.137. The Kier molecular flexibility index (Phi) is 10.1. The first-order valence-corrected chi connectivity index (χ1v) is 13.7. The minimum Gasteiger partial charge on any atom is -0.466 e. The van der Waals surface area contributed by atoms with Gasteiger partial charge in [-0.2, -0.15) is 0 Å². The first kappa shape index (κ1) is 30.1. The number of carbonyl (C=O) groups is 3. The van der Waals surface area contributed by atoms with Crippen LogP contribution in [0.4, 0.5) is 18.4 Å². The second-order valence-corrected chi connectivity index (χ2v) is 10.3. The van der Waals surface area contributed by atoms with Crippen LogP contribution in [0, 0.1) is 18.6 Å². The van der Waals surface area contributed by atoms with Crippen molar-refractivity contribution in [3.05, 3.63) is 82.1 Å². The van der Waals surface area contributed by atoms with Crippen LogP contribution in [0.25, 0.3) is 0 Å². The summed E-state index contributed by atoms with van der Waals surface area (Å²) < 4.78 is 38.0. The maximum atomic E-state index is 14.2. The molecule has 2 heterocycles. The molecule has 11 heteroatoms. The van der Waals surface area contributed by atoms with E-state index in [2.05, 4.69) is 46.7 Å². The minimum absolute atomic E-state index is 0.0272. The maximum Gasteiger partial charge on any atom is 0.338 e. The van der Waals surface area contributed by atoms with E-state index < -0.39 is 35.7 Å². The minimum atomic E-state index is -1.36. The Hall–Kier alpha value is -3.83. The molecule has 0 spiro atoms. The van der Waals surface area contributed by atoms with Crippen LogP contribution in [0.3, 0.4) is 0 Å². The Balaban J connectivity index is 1.42. The molecule has 9 nitrogen and oxygen atoms in total. The number of piperidine rings is 1. The first-order valence-electron chi connectivity index (χ1n) is 13.7. The Bertz CT molecular complexity index is 1310. The van der Waals surface area contributed by atoms with Gasteiger partial charge >= 0.3 is 18.0 Å². The molecule has 41 heavy (non-hydrogen) atoms. The number of hydrogen-bond donors (Lipinski definition) is 2. The number of rotatable bonds is 9. The molecule has 4 rings (SSSR count). The van der Waals surface area contributed by atoms with E-state index in [0.717, 1.165) is 56.6 Å². The molecule has 1 unspecified atom stereocenters. The van der Waals surface area contributed by atoms with E-state index in [1.54, 1.807) is 0 Å². The Labute approximate surface area is 238 Å². The van der Waals surface area contributed by atoms with Gasteiger partial charge in [0.25, 0.3) is 0 Å². The summed E-state index contributed by atoms with van der Waals surface area (Å²) in [5.74, 6) is -2.60. The lowest BCUT2D eigenvalue weighted by Crippen LogP contribution is -2.55. The molecule has 2 aliphatic rings. The monoisotopic (exact) mass is 570 g/mol. The van der Waals surface area contributed by atoms with Crippen molar-refractivity contribution >= 4 is 18.0 Å². The third kappa shape index (κ3) is 7.09. The van der Waals surface area contributed by atoms with Crippen molar-refractivity contribution in [2.75, 3.05) is 47.0 Å². The smallest absolute Gasteiger partial charge is 0.338 e. The van der Waals surface area contributed by atoms with Crippen LogP contribution in [0.5, 0.6) is 0 Å². The van der Waals surface area contributed by atoms with Gasteiger partial charge in [-0.1, -0.05) is 35.9 Å². The summed E-state index contributed by atoms with van der Waals surface area (Å²) in [6.07, 6.45) is 2.76. The summed E-state index contributed by atoms with van der Waals surface area (Å²) >= 11 is 0.